The molecule has 0 saturated carbocycles. The van der Waals surface area contributed by atoms with E-state index in [0.29, 0.717) is 5.92 Å². The second-order valence-electron chi connectivity index (χ2n) is 4.78. The monoisotopic (exact) mass is 236 g/mol. The van der Waals surface area contributed by atoms with Gasteiger partial charge in [-0.15, -0.1) is 0 Å². The number of nitrogens with one attached hydrogen (secondary N) is 1. The van der Waals surface area contributed by atoms with Gasteiger partial charge in [-0.3, -0.25) is 0 Å². The van der Waals surface area contributed by atoms with Crippen LogP contribution in [0.2, 0.25) is 0 Å². The van der Waals surface area contributed by atoms with Crippen molar-refractivity contribution in [3.8, 4) is 5.75 Å². The maximum Gasteiger partial charge on any atom is 0.117 e. The van der Waals surface area contributed by atoms with Crippen LogP contribution in [0.15, 0.2) is 42.5 Å². The third kappa shape index (κ3) is 1.27. The molecule has 0 fully saturated rings. The first-order chi connectivity index (χ1) is 8.81. The van der Waals surface area contributed by atoms with Crippen molar-refractivity contribution in [1.29, 1.82) is 0 Å². The summed E-state index contributed by atoms with van der Waals surface area (Å²) in [5.74, 6) is 1.64. The summed E-state index contributed by atoms with van der Waals surface area (Å²) in [6.07, 6.45) is 1.04. The number of aromatic hydroxyl groups is 1. The number of rotatable bonds is 1. The van der Waals surface area contributed by atoms with Crippen molar-refractivity contribution in [2.75, 3.05) is 0 Å². The van der Waals surface area contributed by atoms with Crippen LogP contribution in [0, 0.1) is 0 Å². The van der Waals surface area contributed by atoms with Gasteiger partial charge in [0.05, 0.1) is 11.0 Å². The zero-order chi connectivity index (χ0) is 12.1. The third-order valence-corrected chi connectivity index (χ3v) is 3.67. The predicted octanol–water partition coefficient (Wildman–Crippen LogP) is 2.96. The van der Waals surface area contributed by atoms with Crippen molar-refractivity contribution in [3.63, 3.8) is 0 Å². The molecule has 0 aliphatic heterocycles. The normalized spacial score (nSPS) is 17.4. The highest BCUT2D eigenvalue weighted by Gasteiger charge is 2.29. The Morgan fingerprint density at radius 2 is 2.06 bits per heavy atom. The molecule has 88 valence electrons. The standard InChI is InChI=1S/C15H12N2O/c18-10-5-6-13-14(8-10)17-15(16-13)12-7-9-3-1-2-4-11(9)12/h1-6,8,12,18H,7H2,(H,16,17). The highest BCUT2D eigenvalue weighted by atomic mass is 16.3. The molecule has 1 aliphatic rings. The lowest BCUT2D eigenvalue weighted by atomic mass is 9.77. The fourth-order valence-electron chi connectivity index (χ4n) is 2.69. The first-order valence-corrected chi connectivity index (χ1v) is 6.08. The van der Waals surface area contributed by atoms with Crippen molar-refractivity contribution >= 4 is 11.0 Å². The number of H-pyrrole nitrogens is 1. The van der Waals surface area contributed by atoms with Crippen LogP contribution in [0.3, 0.4) is 0 Å². The van der Waals surface area contributed by atoms with Crippen molar-refractivity contribution in [1.82, 2.24) is 9.97 Å². The van der Waals surface area contributed by atoms with Crippen molar-refractivity contribution < 1.29 is 5.11 Å². The van der Waals surface area contributed by atoms with Gasteiger partial charge in [-0.25, -0.2) is 4.98 Å². The molecule has 2 aromatic carbocycles. The number of fused-ring (bicyclic) bond motifs is 2. The summed E-state index contributed by atoms with van der Waals surface area (Å²) in [5.41, 5.74) is 4.58. The van der Waals surface area contributed by atoms with Gasteiger partial charge in [0.2, 0.25) is 0 Å². The minimum atomic E-state index is 0.270. The van der Waals surface area contributed by atoms with Crippen LogP contribution in [0.5, 0.6) is 5.75 Å². The Kier molecular flexibility index (Phi) is 1.81. The summed E-state index contributed by atoms with van der Waals surface area (Å²) in [5, 5.41) is 9.46. The number of phenols is 1. The van der Waals surface area contributed by atoms with Crippen LogP contribution < -0.4 is 0 Å². The molecule has 1 aromatic heterocycles. The molecule has 0 radical (unpaired) electrons. The number of benzene rings is 2. The number of hydrogen-bond acceptors (Lipinski definition) is 2. The van der Waals surface area contributed by atoms with E-state index in [4.69, 9.17) is 0 Å². The van der Waals surface area contributed by atoms with Gasteiger partial charge >= 0.3 is 0 Å². The summed E-state index contributed by atoms with van der Waals surface area (Å²) >= 11 is 0. The van der Waals surface area contributed by atoms with E-state index in [9.17, 15) is 5.11 Å². The van der Waals surface area contributed by atoms with Gasteiger partial charge in [-0.2, -0.15) is 0 Å². The van der Waals surface area contributed by atoms with Crippen LogP contribution in [-0.4, -0.2) is 15.1 Å². The zero-order valence-electron chi connectivity index (χ0n) is 9.72. The van der Waals surface area contributed by atoms with Gasteiger partial charge in [-0.1, -0.05) is 24.3 Å². The van der Waals surface area contributed by atoms with E-state index in [1.54, 1.807) is 12.1 Å². The van der Waals surface area contributed by atoms with E-state index in [-0.39, 0.29) is 5.75 Å². The lowest BCUT2D eigenvalue weighted by Crippen LogP contribution is -2.18. The molecule has 0 bridgehead atoms. The molecule has 0 spiro atoms. The average molecular weight is 236 g/mol. The van der Waals surface area contributed by atoms with Crippen LogP contribution >= 0.6 is 0 Å². The number of aromatic amines is 1. The molecule has 18 heavy (non-hydrogen) atoms. The maximum atomic E-state index is 9.46. The Balaban J connectivity index is 1.81. The van der Waals surface area contributed by atoms with Crippen molar-refractivity contribution in [2.24, 2.45) is 0 Å². The minimum absolute atomic E-state index is 0.270. The third-order valence-electron chi connectivity index (χ3n) is 3.67. The van der Waals surface area contributed by atoms with E-state index < -0.39 is 0 Å². The largest absolute Gasteiger partial charge is 0.508 e. The summed E-state index contributed by atoms with van der Waals surface area (Å²) in [6.45, 7) is 0. The number of nitrogens with zero attached hydrogens (tertiary/aromatic N) is 1. The Hall–Kier alpha value is -2.29. The molecule has 0 amide bonds. The number of imidazole rings is 1. The van der Waals surface area contributed by atoms with Crippen LogP contribution in [0.25, 0.3) is 11.0 Å². The Morgan fingerprint density at radius 3 is 2.94 bits per heavy atom. The van der Waals surface area contributed by atoms with Crippen molar-refractivity contribution in [2.45, 2.75) is 12.3 Å². The Morgan fingerprint density at radius 1 is 1.17 bits per heavy atom. The van der Waals surface area contributed by atoms with Gasteiger partial charge in [-0.05, 0) is 29.7 Å². The molecule has 1 unspecified atom stereocenters. The second kappa shape index (κ2) is 3.35. The molecule has 3 nitrogen and oxygen atoms in total. The quantitative estimate of drug-likeness (QED) is 0.682. The Labute approximate surface area is 104 Å². The van der Waals surface area contributed by atoms with E-state index in [0.717, 1.165) is 23.3 Å². The highest BCUT2D eigenvalue weighted by Crippen LogP contribution is 2.39. The number of hydrogen-bond donors (Lipinski definition) is 2. The first-order valence-electron chi connectivity index (χ1n) is 6.08. The molecule has 4 rings (SSSR count). The summed E-state index contributed by atoms with van der Waals surface area (Å²) in [7, 11) is 0. The molecule has 1 atom stereocenters. The lowest BCUT2D eigenvalue weighted by molar-refractivity contribution is 0.476. The summed E-state index contributed by atoms with van der Waals surface area (Å²) in [4.78, 5) is 7.92. The fraction of sp³-hybridized carbons (Fsp3) is 0.133. The number of phenolic OH excluding ortho intramolecular Hbond substituents is 1. The van der Waals surface area contributed by atoms with E-state index in [1.165, 1.54) is 11.1 Å². The average Bonchev–Trinajstić information content (AvgIpc) is 2.73. The van der Waals surface area contributed by atoms with Gasteiger partial charge in [0.1, 0.15) is 11.6 Å². The predicted molar refractivity (Wildman–Crippen MR) is 69.7 cm³/mol. The molecule has 1 aliphatic carbocycles. The first kappa shape index (κ1) is 9.71. The van der Waals surface area contributed by atoms with Gasteiger partial charge < -0.3 is 10.1 Å². The van der Waals surface area contributed by atoms with E-state index >= 15 is 0 Å². The smallest absolute Gasteiger partial charge is 0.117 e. The van der Waals surface area contributed by atoms with Gasteiger partial charge in [0.25, 0.3) is 0 Å². The fourth-order valence-corrected chi connectivity index (χ4v) is 2.69. The van der Waals surface area contributed by atoms with Gasteiger partial charge in [0.15, 0.2) is 0 Å². The second-order valence-corrected chi connectivity index (χ2v) is 4.78. The molecule has 3 aromatic rings. The van der Waals surface area contributed by atoms with Crippen LogP contribution in [0.1, 0.15) is 22.9 Å². The van der Waals surface area contributed by atoms with Crippen molar-refractivity contribution in [3.05, 3.63) is 59.4 Å². The molecule has 2 N–H and O–H groups in total. The van der Waals surface area contributed by atoms with Crippen LogP contribution in [0.4, 0.5) is 0 Å². The van der Waals surface area contributed by atoms with E-state index in [2.05, 4.69) is 34.2 Å². The molecular weight excluding hydrogens is 224 g/mol. The molecule has 1 heterocycles. The SMILES string of the molecule is Oc1ccc2nc(C3Cc4ccccc43)[nH]c2c1. The minimum Gasteiger partial charge on any atom is -0.508 e. The summed E-state index contributed by atoms with van der Waals surface area (Å²) < 4.78 is 0. The number of aromatic nitrogens is 2. The lowest BCUT2D eigenvalue weighted by Gasteiger charge is -2.28. The molecule has 3 heteroatoms. The topological polar surface area (TPSA) is 48.9 Å². The zero-order valence-corrected chi connectivity index (χ0v) is 9.72. The highest BCUT2D eigenvalue weighted by molar-refractivity contribution is 5.77. The molecular formula is C15H12N2O. The Bertz CT molecular complexity index is 745. The van der Waals surface area contributed by atoms with Crippen LogP contribution in [-0.2, 0) is 6.42 Å². The maximum absolute atomic E-state index is 9.46. The molecule has 0 saturated heterocycles. The van der Waals surface area contributed by atoms with Gasteiger partial charge in [0, 0.05) is 12.0 Å². The van der Waals surface area contributed by atoms with E-state index in [1.807, 2.05) is 6.07 Å². The summed E-state index contributed by atoms with van der Waals surface area (Å²) in [6, 6.07) is 13.7.